The number of allylic oxidation sites excluding steroid dienone is 2. The monoisotopic (exact) mass is 235 g/mol. The second-order valence-corrected chi connectivity index (χ2v) is 5.93. The summed E-state index contributed by atoms with van der Waals surface area (Å²) in [5.74, 6) is 0.351. The SMILES string of the molecule is CC1(C(=O)C2=CCCCCCC2)CCCC1N. The van der Waals surface area contributed by atoms with Crippen molar-refractivity contribution >= 4 is 5.78 Å². The Morgan fingerprint density at radius 3 is 2.76 bits per heavy atom. The molecule has 0 saturated heterocycles. The van der Waals surface area contributed by atoms with Crippen LogP contribution in [0.2, 0.25) is 0 Å². The summed E-state index contributed by atoms with van der Waals surface area (Å²) in [5, 5.41) is 0. The van der Waals surface area contributed by atoms with Crippen molar-refractivity contribution in [3.63, 3.8) is 0 Å². The van der Waals surface area contributed by atoms with Gasteiger partial charge in [-0.05, 0) is 44.1 Å². The maximum Gasteiger partial charge on any atom is 0.165 e. The number of Topliss-reactive ketones (excluding diaryl/α,β-unsaturated/α-hetero) is 1. The summed E-state index contributed by atoms with van der Waals surface area (Å²) in [5.41, 5.74) is 6.94. The molecule has 2 aliphatic carbocycles. The predicted molar refractivity (Wildman–Crippen MR) is 70.7 cm³/mol. The topological polar surface area (TPSA) is 43.1 Å². The van der Waals surface area contributed by atoms with Gasteiger partial charge < -0.3 is 5.73 Å². The number of nitrogens with two attached hydrogens (primary N) is 1. The minimum absolute atomic E-state index is 0.0707. The van der Waals surface area contributed by atoms with Gasteiger partial charge in [0.2, 0.25) is 0 Å². The Bertz CT molecular complexity index is 321. The van der Waals surface area contributed by atoms with Crippen LogP contribution in [-0.4, -0.2) is 11.8 Å². The van der Waals surface area contributed by atoms with E-state index in [1.54, 1.807) is 0 Å². The largest absolute Gasteiger partial charge is 0.327 e. The summed E-state index contributed by atoms with van der Waals surface area (Å²) in [6.07, 6.45) is 12.3. The first-order valence-electron chi connectivity index (χ1n) is 7.14. The van der Waals surface area contributed by atoms with Gasteiger partial charge in [0.1, 0.15) is 0 Å². The molecule has 2 N–H and O–H groups in total. The Kier molecular flexibility index (Phi) is 4.03. The van der Waals surface area contributed by atoms with E-state index in [1.165, 1.54) is 25.7 Å². The van der Waals surface area contributed by atoms with Crippen LogP contribution in [0.5, 0.6) is 0 Å². The zero-order chi connectivity index (χ0) is 12.3. The molecule has 2 unspecified atom stereocenters. The maximum atomic E-state index is 12.6. The summed E-state index contributed by atoms with van der Waals surface area (Å²) in [6.45, 7) is 2.08. The standard InChI is InChI=1S/C15H25NO/c1-15(11-7-10-13(15)16)14(17)12-8-5-3-2-4-6-9-12/h8,13H,2-7,9-11,16H2,1H3. The molecular weight excluding hydrogens is 210 g/mol. The molecule has 2 nitrogen and oxygen atoms in total. The normalized spacial score (nSPS) is 34.9. The van der Waals surface area contributed by atoms with Gasteiger partial charge in [0.25, 0.3) is 0 Å². The van der Waals surface area contributed by atoms with Crippen molar-refractivity contribution in [2.75, 3.05) is 0 Å². The minimum Gasteiger partial charge on any atom is -0.327 e. The summed E-state index contributed by atoms with van der Waals surface area (Å²) < 4.78 is 0. The number of hydrogen-bond acceptors (Lipinski definition) is 2. The number of carbonyl (C=O) groups is 1. The van der Waals surface area contributed by atoms with Crippen molar-refractivity contribution in [1.82, 2.24) is 0 Å². The summed E-state index contributed by atoms with van der Waals surface area (Å²) >= 11 is 0. The van der Waals surface area contributed by atoms with Crippen LogP contribution >= 0.6 is 0 Å². The highest BCUT2D eigenvalue weighted by Gasteiger charge is 2.43. The fraction of sp³-hybridized carbons (Fsp3) is 0.800. The lowest BCUT2D eigenvalue weighted by atomic mass is 9.76. The van der Waals surface area contributed by atoms with Crippen molar-refractivity contribution in [2.24, 2.45) is 11.1 Å². The molecule has 2 rings (SSSR count). The predicted octanol–water partition coefficient (Wildman–Crippen LogP) is 3.35. The molecule has 2 atom stereocenters. The van der Waals surface area contributed by atoms with Crippen LogP contribution in [0.1, 0.15) is 64.7 Å². The average Bonchev–Trinajstić information content (AvgIpc) is 2.59. The second kappa shape index (κ2) is 5.34. The molecule has 0 heterocycles. The first-order valence-corrected chi connectivity index (χ1v) is 7.14. The van der Waals surface area contributed by atoms with Crippen LogP contribution in [-0.2, 0) is 4.79 Å². The molecule has 0 radical (unpaired) electrons. The molecule has 0 spiro atoms. The lowest BCUT2D eigenvalue weighted by Gasteiger charge is -2.29. The molecule has 2 aliphatic rings. The molecule has 0 amide bonds. The molecule has 0 bridgehead atoms. The van der Waals surface area contributed by atoms with Crippen molar-refractivity contribution in [3.05, 3.63) is 11.6 Å². The molecular formula is C15H25NO. The van der Waals surface area contributed by atoms with Crippen LogP contribution in [0.15, 0.2) is 11.6 Å². The van der Waals surface area contributed by atoms with E-state index in [0.717, 1.165) is 37.7 Å². The van der Waals surface area contributed by atoms with Gasteiger partial charge in [-0.15, -0.1) is 0 Å². The van der Waals surface area contributed by atoms with Crippen molar-refractivity contribution in [2.45, 2.75) is 70.8 Å². The Hall–Kier alpha value is -0.630. The third-order valence-corrected chi connectivity index (χ3v) is 4.63. The van der Waals surface area contributed by atoms with E-state index in [9.17, 15) is 4.79 Å². The highest BCUT2D eigenvalue weighted by atomic mass is 16.1. The van der Waals surface area contributed by atoms with Gasteiger partial charge in [-0.1, -0.05) is 32.3 Å². The van der Waals surface area contributed by atoms with Crippen LogP contribution in [0.25, 0.3) is 0 Å². The van der Waals surface area contributed by atoms with Gasteiger partial charge >= 0.3 is 0 Å². The Labute approximate surface area is 105 Å². The molecule has 0 aromatic heterocycles. The summed E-state index contributed by atoms with van der Waals surface area (Å²) in [7, 11) is 0. The highest BCUT2D eigenvalue weighted by Crippen LogP contribution is 2.40. The quantitative estimate of drug-likeness (QED) is 0.797. The Morgan fingerprint density at radius 2 is 2.06 bits per heavy atom. The molecule has 1 fully saturated rings. The Balaban J connectivity index is 2.12. The summed E-state index contributed by atoms with van der Waals surface area (Å²) in [6, 6.07) is 0.0707. The first kappa shape index (κ1) is 12.8. The average molecular weight is 235 g/mol. The molecule has 1 saturated carbocycles. The van der Waals surface area contributed by atoms with Crippen LogP contribution in [0.4, 0.5) is 0 Å². The van der Waals surface area contributed by atoms with Crippen molar-refractivity contribution in [3.8, 4) is 0 Å². The number of carbonyl (C=O) groups excluding carboxylic acids is 1. The van der Waals surface area contributed by atoms with Crippen molar-refractivity contribution in [1.29, 1.82) is 0 Å². The molecule has 2 heteroatoms. The maximum absolute atomic E-state index is 12.6. The van der Waals surface area contributed by atoms with Crippen molar-refractivity contribution < 1.29 is 4.79 Å². The fourth-order valence-corrected chi connectivity index (χ4v) is 3.24. The van der Waals surface area contributed by atoms with E-state index in [4.69, 9.17) is 5.73 Å². The van der Waals surface area contributed by atoms with Crippen LogP contribution in [0.3, 0.4) is 0 Å². The zero-order valence-corrected chi connectivity index (χ0v) is 11.0. The number of hydrogen-bond donors (Lipinski definition) is 1. The van der Waals surface area contributed by atoms with Gasteiger partial charge in [-0.25, -0.2) is 0 Å². The van der Waals surface area contributed by atoms with Gasteiger partial charge in [-0.3, -0.25) is 4.79 Å². The molecule has 0 aliphatic heterocycles. The molecule has 96 valence electrons. The Morgan fingerprint density at radius 1 is 1.29 bits per heavy atom. The van der Waals surface area contributed by atoms with Gasteiger partial charge in [0.15, 0.2) is 5.78 Å². The first-order chi connectivity index (χ1) is 8.14. The van der Waals surface area contributed by atoms with Crippen LogP contribution in [0, 0.1) is 5.41 Å². The lowest BCUT2D eigenvalue weighted by molar-refractivity contribution is -0.124. The summed E-state index contributed by atoms with van der Waals surface area (Å²) in [4.78, 5) is 12.6. The highest BCUT2D eigenvalue weighted by molar-refractivity contribution is 6.00. The van der Waals surface area contributed by atoms with E-state index in [0.29, 0.717) is 5.78 Å². The third kappa shape index (κ3) is 2.62. The van der Waals surface area contributed by atoms with Crippen LogP contribution < -0.4 is 5.73 Å². The smallest absolute Gasteiger partial charge is 0.165 e. The van der Waals surface area contributed by atoms with E-state index in [2.05, 4.69) is 13.0 Å². The fourth-order valence-electron chi connectivity index (χ4n) is 3.24. The van der Waals surface area contributed by atoms with E-state index in [1.807, 2.05) is 0 Å². The second-order valence-electron chi connectivity index (χ2n) is 5.93. The zero-order valence-electron chi connectivity index (χ0n) is 11.0. The lowest BCUT2D eigenvalue weighted by Crippen LogP contribution is -2.41. The van der Waals surface area contributed by atoms with E-state index >= 15 is 0 Å². The minimum atomic E-state index is -0.273. The van der Waals surface area contributed by atoms with E-state index < -0.39 is 0 Å². The molecule has 0 aromatic carbocycles. The third-order valence-electron chi connectivity index (χ3n) is 4.63. The number of ketones is 1. The molecule has 0 aromatic rings. The molecule has 17 heavy (non-hydrogen) atoms. The van der Waals surface area contributed by atoms with Gasteiger partial charge in [-0.2, -0.15) is 0 Å². The van der Waals surface area contributed by atoms with Gasteiger partial charge in [0, 0.05) is 11.5 Å². The van der Waals surface area contributed by atoms with Gasteiger partial charge in [0.05, 0.1) is 0 Å². The van der Waals surface area contributed by atoms with E-state index in [-0.39, 0.29) is 11.5 Å². The number of rotatable bonds is 2.